The molecule has 0 aliphatic heterocycles. The van der Waals surface area contributed by atoms with Gasteiger partial charge in [0, 0.05) is 12.7 Å². The lowest BCUT2D eigenvalue weighted by Gasteiger charge is -2.16. The van der Waals surface area contributed by atoms with Crippen LogP contribution in [0.3, 0.4) is 0 Å². The summed E-state index contributed by atoms with van der Waals surface area (Å²) in [5, 5.41) is 12.0. The monoisotopic (exact) mass is 295 g/mol. The van der Waals surface area contributed by atoms with Crippen LogP contribution in [0.5, 0.6) is 0 Å². The quantitative estimate of drug-likeness (QED) is 0.701. The van der Waals surface area contributed by atoms with Crippen LogP contribution in [0.4, 0.5) is 0 Å². The molecule has 0 bridgehead atoms. The summed E-state index contributed by atoms with van der Waals surface area (Å²) in [5.41, 5.74) is 0.400. The summed E-state index contributed by atoms with van der Waals surface area (Å²) in [5.74, 6) is -0.994. The fourth-order valence-corrected chi connectivity index (χ4v) is 1.77. The number of rotatable bonds is 8. The van der Waals surface area contributed by atoms with Crippen molar-refractivity contribution in [3.05, 3.63) is 35.9 Å². The van der Waals surface area contributed by atoms with Crippen LogP contribution in [-0.2, 0) is 14.3 Å². The van der Waals surface area contributed by atoms with Gasteiger partial charge < -0.3 is 14.6 Å². The molecule has 0 aliphatic carbocycles. The summed E-state index contributed by atoms with van der Waals surface area (Å²) < 4.78 is 9.96. The molecule has 2 atom stereocenters. The van der Waals surface area contributed by atoms with Crippen molar-refractivity contribution in [3.8, 4) is 0 Å². The Labute approximate surface area is 124 Å². The molecule has 0 aliphatic rings. The van der Waals surface area contributed by atoms with Gasteiger partial charge in [-0.25, -0.2) is 0 Å². The molecule has 0 saturated carbocycles. The first kappa shape index (κ1) is 17.3. The molecule has 0 heterocycles. The van der Waals surface area contributed by atoms with Crippen LogP contribution < -0.4 is 5.32 Å². The standard InChI is InChI=1S/C15H21NO5/c1-11(21-10-20-2)8-13(17)9-14(18)16-15(19)12-6-4-3-5-7-12/h3-7,11,13,17H,8-10H2,1-2H3,(H,16,18,19)/t11-,13-/m1/s1. The van der Waals surface area contributed by atoms with Crippen molar-refractivity contribution in [1.29, 1.82) is 0 Å². The molecular weight excluding hydrogens is 274 g/mol. The van der Waals surface area contributed by atoms with Gasteiger partial charge in [-0.05, 0) is 25.5 Å². The lowest BCUT2D eigenvalue weighted by atomic mass is 10.1. The topological polar surface area (TPSA) is 84.9 Å². The summed E-state index contributed by atoms with van der Waals surface area (Å²) in [6, 6.07) is 8.43. The number of carbonyl (C=O) groups excluding carboxylic acids is 2. The number of amides is 2. The van der Waals surface area contributed by atoms with Gasteiger partial charge in [0.05, 0.1) is 18.6 Å². The zero-order valence-electron chi connectivity index (χ0n) is 12.2. The molecule has 0 fully saturated rings. The van der Waals surface area contributed by atoms with Crippen molar-refractivity contribution < 1.29 is 24.2 Å². The number of methoxy groups -OCH3 is 1. The number of hydrogen-bond donors (Lipinski definition) is 2. The maximum atomic E-state index is 11.7. The normalized spacial score (nSPS) is 13.5. The molecule has 2 amide bonds. The van der Waals surface area contributed by atoms with E-state index in [-0.39, 0.29) is 25.7 Å². The minimum Gasteiger partial charge on any atom is -0.392 e. The van der Waals surface area contributed by atoms with E-state index in [0.717, 1.165) is 0 Å². The van der Waals surface area contributed by atoms with Crippen LogP contribution in [0, 0.1) is 0 Å². The number of carbonyl (C=O) groups is 2. The lowest BCUT2D eigenvalue weighted by Crippen LogP contribution is -2.33. The number of benzene rings is 1. The fourth-order valence-electron chi connectivity index (χ4n) is 1.77. The van der Waals surface area contributed by atoms with Gasteiger partial charge in [0.15, 0.2) is 0 Å². The summed E-state index contributed by atoms with van der Waals surface area (Å²) >= 11 is 0. The molecule has 0 saturated heterocycles. The Morgan fingerprint density at radius 1 is 1.29 bits per heavy atom. The second-order valence-corrected chi connectivity index (χ2v) is 4.72. The van der Waals surface area contributed by atoms with E-state index in [1.165, 1.54) is 7.11 Å². The van der Waals surface area contributed by atoms with Crippen LogP contribution in [0.15, 0.2) is 30.3 Å². The van der Waals surface area contributed by atoms with Crippen molar-refractivity contribution in [2.45, 2.75) is 32.0 Å². The zero-order chi connectivity index (χ0) is 15.7. The summed E-state index contributed by atoms with van der Waals surface area (Å²) in [6.45, 7) is 1.90. The number of imide groups is 1. The number of hydrogen-bond acceptors (Lipinski definition) is 5. The van der Waals surface area contributed by atoms with Crippen molar-refractivity contribution >= 4 is 11.8 Å². The lowest BCUT2D eigenvalue weighted by molar-refractivity contribution is -0.123. The largest absolute Gasteiger partial charge is 0.392 e. The Bertz CT molecular complexity index is 449. The van der Waals surface area contributed by atoms with Gasteiger partial charge in [-0.2, -0.15) is 0 Å². The highest BCUT2D eigenvalue weighted by molar-refractivity contribution is 6.04. The molecule has 1 aromatic carbocycles. The van der Waals surface area contributed by atoms with Gasteiger partial charge in [0.2, 0.25) is 5.91 Å². The third-order valence-corrected chi connectivity index (χ3v) is 2.78. The van der Waals surface area contributed by atoms with Gasteiger partial charge in [-0.15, -0.1) is 0 Å². The van der Waals surface area contributed by atoms with Crippen molar-refractivity contribution in [1.82, 2.24) is 5.32 Å². The van der Waals surface area contributed by atoms with Crippen LogP contribution >= 0.6 is 0 Å². The average molecular weight is 295 g/mol. The molecule has 116 valence electrons. The number of aliphatic hydroxyl groups is 1. The maximum Gasteiger partial charge on any atom is 0.257 e. The van der Waals surface area contributed by atoms with Gasteiger partial charge in [-0.1, -0.05) is 18.2 Å². The number of nitrogens with one attached hydrogen (secondary N) is 1. The van der Waals surface area contributed by atoms with E-state index in [0.29, 0.717) is 5.56 Å². The number of ether oxygens (including phenoxy) is 2. The molecule has 0 spiro atoms. The molecule has 1 aromatic rings. The Balaban J connectivity index is 2.34. The van der Waals surface area contributed by atoms with Crippen LogP contribution in [0.25, 0.3) is 0 Å². The maximum absolute atomic E-state index is 11.7. The fraction of sp³-hybridized carbons (Fsp3) is 0.467. The second-order valence-electron chi connectivity index (χ2n) is 4.72. The van der Waals surface area contributed by atoms with Gasteiger partial charge in [0.25, 0.3) is 5.91 Å². The zero-order valence-corrected chi connectivity index (χ0v) is 12.2. The highest BCUT2D eigenvalue weighted by Gasteiger charge is 2.17. The Kier molecular flexibility index (Phi) is 7.60. The van der Waals surface area contributed by atoms with E-state index in [2.05, 4.69) is 5.32 Å². The molecule has 0 aromatic heterocycles. The van der Waals surface area contributed by atoms with Crippen molar-refractivity contribution in [2.24, 2.45) is 0 Å². The summed E-state index contributed by atoms with van der Waals surface area (Å²) in [4.78, 5) is 23.4. The van der Waals surface area contributed by atoms with Crippen LogP contribution in [-0.4, -0.2) is 43.0 Å². The van der Waals surface area contributed by atoms with Gasteiger partial charge in [0.1, 0.15) is 6.79 Å². The predicted octanol–water partition coefficient (Wildman–Crippen LogP) is 1.09. The summed E-state index contributed by atoms with van der Waals surface area (Å²) in [6.07, 6.45) is -0.978. The highest BCUT2D eigenvalue weighted by Crippen LogP contribution is 2.06. The second kappa shape index (κ2) is 9.23. The van der Waals surface area contributed by atoms with Crippen molar-refractivity contribution in [2.75, 3.05) is 13.9 Å². The average Bonchev–Trinajstić information content (AvgIpc) is 2.45. The molecule has 2 N–H and O–H groups in total. The molecule has 0 radical (unpaired) electrons. The third kappa shape index (κ3) is 6.99. The van der Waals surface area contributed by atoms with Gasteiger partial charge in [-0.3, -0.25) is 14.9 Å². The molecule has 6 heteroatoms. The Morgan fingerprint density at radius 3 is 2.57 bits per heavy atom. The molecule has 0 unspecified atom stereocenters. The van der Waals surface area contributed by atoms with E-state index in [4.69, 9.17) is 9.47 Å². The first-order valence-electron chi connectivity index (χ1n) is 6.70. The van der Waals surface area contributed by atoms with E-state index in [1.807, 2.05) is 0 Å². The van der Waals surface area contributed by atoms with Crippen molar-refractivity contribution in [3.63, 3.8) is 0 Å². The van der Waals surface area contributed by atoms with E-state index >= 15 is 0 Å². The van der Waals surface area contributed by atoms with E-state index in [9.17, 15) is 14.7 Å². The highest BCUT2D eigenvalue weighted by atomic mass is 16.7. The predicted molar refractivity (Wildman–Crippen MR) is 76.6 cm³/mol. The molecule has 6 nitrogen and oxygen atoms in total. The van der Waals surface area contributed by atoms with Gasteiger partial charge >= 0.3 is 0 Å². The van der Waals surface area contributed by atoms with E-state index < -0.39 is 17.9 Å². The summed E-state index contributed by atoms with van der Waals surface area (Å²) in [7, 11) is 1.51. The first-order valence-corrected chi connectivity index (χ1v) is 6.70. The van der Waals surface area contributed by atoms with Crippen LogP contribution in [0.1, 0.15) is 30.1 Å². The first-order chi connectivity index (χ1) is 10.0. The third-order valence-electron chi connectivity index (χ3n) is 2.78. The SMILES string of the molecule is COCO[C@H](C)C[C@@H](O)CC(=O)NC(=O)c1ccccc1. The minimum atomic E-state index is -0.875. The molecule has 21 heavy (non-hydrogen) atoms. The Morgan fingerprint density at radius 2 is 1.95 bits per heavy atom. The van der Waals surface area contributed by atoms with E-state index in [1.54, 1.807) is 37.3 Å². The Hall–Kier alpha value is -1.76. The number of aliphatic hydroxyl groups excluding tert-OH is 1. The molecular formula is C15H21NO5. The minimum absolute atomic E-state index is 0.132. The van der Waals surface area contributed by atoms with Crippen LogP contribution in [0.2, 0.25) is 0 Å². The smallest absolute Gasteiger partial charge is 0.257 e. The molecule has 1 rings (SSSR count).